The van der Waals surface area contributed by atoms with Gasteiger partial charge in [0.2, 0.25) is 0 Å². The van der Waals surface area contributed by atoms with Gasteiger partial charge in [0.25, 0.3) is 0 Å². The molecule has 0 aliphatic carbocycles. The van der Waals surface area contributed by atoms with E-state index in [9.17, 15) is 14.0 Å². The fourth-order valence-electron chi connectivity index (χ4n) is 2.19. The van der Waals surface area contributed by atoms with Gasteiger partial charge in [-0.05, 0) is 29.7 Å². The number of hydrogen-bond donors (Lipinski definition) is 0. The Labute approximate surface area is 146 Å². The highest BCUT2D eigenvalue weighted by atomic mass is 19.1. The Kier molecular flexibility index (Phi) is 6.69. The fourth-order valence-corrected chi connectivity index (χ4v) is 2.19. The minimum Gasteiger partial charge on any atom is -0.462 e. The molecule has 0 aromatic heterocycles. The molecule has 132 valence electrons. The first kappa shape index (κ1) is 18.6. The molecule has 2 aromatic carbocycles. The quantitative estimate of drug-likeness (QED) is 0.712. The third-order valence-corrected chi connectivity index (χ3v) is 3.48. The average molecular weight is 344 g/mol. The molecule has 0 bridgehead atoms. The molecule has 2 aromatic rings. The van der Waals surface area contributed by atoms with Gasteiger partial charge in [-0.3, -0.25) is 0 Å². The summed E-state index contributed by atoms with van der Waals surface area (Å²) in [6, 6.07) is 12.7. The summed E-state index contributed by atoms with van der Waals surface area (Å²) in [5.74, 6) is -1.33. The van der Waals surface area contributed by atoms with Crippen molar-refractivity contribution in [1.82, 2.24) is 0 Å². The van der Waals surface area contributed by atoms with Crippen molar-refractivity contribution in [2.45, 2.75) is 20.3 Å². The zero-order chi connectivity index (χ0) is 18.2. The lowest BCUT2D eigenvalue weighted by Gasteiger charge is -2.11. The number of benzene rings is 2. The van der Waals surface area contributed by atoms with Crippen molar-refractivity contribution >= 4 is 11.9 Å². The van der Waals surface area contributed by atoms with E-state index in [1.807, 2.05) is 13.8 Å². The van der Waals surface area contributed by atoms with Crippen molar-refractivity contribution < 1.29 is 23.5 Å². The maximum absolute atomic E-state index is 13.6. The van der Waals surface area contributed by atoms with Crippen LogP contribution in [0.15, 0.2) is 48.5 Å². The molecule has 4 nitrogen and oxygen atoms in total. The smallest absolute Gasteiger partial charge is 0.339 e. The molecule has 0 fully saturated rings. The first-order valence-corrected chi connectivity index (χ1v) is 8.15. The maximum atomic E-state index is 13.6. The number of esters is 2. The van der Waals surface area contributed by atoms with Crippen LogP contribution in [-0.2, 0) is 15.9 Å². The lowest BCUT2D eigenvalue weighted by Crippen LogP contribution is -2.16. The first-order valence-electron chi connectivity index (χ1n) is 8.15. The van der Waals surface area contributed by atoms with Gasteiger partial charge in [0.1, 0.15) is 5.82 Å². The van der Waals surface area contributed by atoms with Crippen LogP contribution in [0.3, 0.4) is 0 Å². The standard InChI is InChI=1S/C20H21FO4/c1-14(2)13-25-20(23)17-9-5-4-8-16(17)19(22)24-12-11-15-7-3-6-10-18(15)21/h3-10,14H,11-13H2,1-2H3. The van der Waals surface area contributed by atoms with E-state index in [0.29, 0.717) is 5.56 Å². The monoisotopic (exact) mass is 344 g/mol. The molecule has 0 saturated heterocycles. The number of rotatable bonds is 7. The topological polar surface area (TPSA) is 52.6 Å². The molecule has 0 amide bonds. The second-order valence-corrected chi connectivity index (χ2v) is 6.02. The summed E-state index contributed by atoms with van der Waals surface area (Å²) >= 11 is 0. The predicted molar refractivity (Wildman–Crippen MR) is 91.9 cm³/mol. The van der Waals surface area contributed by atoms with E-state index < -0.39 is 11.9 Å². The normalized spacial score (nSPS) is 10.6. The van der Waals surface area contributed by atoms with E-state index in [2.05, 4.69) is 0 Å². The van der Waals surface area contributed by atoms with Gasteiger partial charge in [-0.15, -0.1) is 0 Å². The maximum Gasteiger partial charge on any atom is 0.339 e. The number of ether oxygens (including phenoxy) is 2. The molecule has 0 aliphatic rings. The number of halogens is 1. The largest absolute Gasteiger partial charge is 0.462 e. The van der Waals surface area contributed by atoms with Crippen LogP contribution in [0.25, 0.3) is 0 Å². The van der Waals surface area contributed by atoms with Crippen molar-refractivity contribution in [3.8, 4) is 0 Å². The van der Waals surface area contributed by atoms with Gasteiger partial charge >= 0.3 is 11.9 Å². The number of carbonyl (C=O) groups is 2. The number of carbonyl (C=O) groups excluding carboxylic acids is 2. The van der Waals surface area contributed by atoms with Gasteiger partial charge in [0.15, 0.2) is 0 Å². The molecule has 5 heteroatoms. The Morgan fingerprint density at radius 3 is 2.08 bits per heavy atom. The van der Waals surface area contributed by atoms with Crippen molar-refractivity contribution in [2.75, 3.05) is 13.2 Å². The Morgan fingerprint density at radius 2 is 1.48 bits per heavy atom. The van der Waals surface area contributed by atoms with Crippen LogP contribution < -0.4 is 0 Å². The third-order valence-electron chi connectivity index (χ3n) is 3.48. The highest BCUT2D eigenvalue weighted by Crippen LogP contribution is 2.14. The van der Waals surface area contributed by atoms with Crippen LogP contribution >= 0.6 is 0 Å². The Bertz CT molecular complexity index is 740. The third kappa shape index (κ3) is 5.41. The molecule has 25 heavy (non-hydrogen) atoms. The zero-order valence-corrected chi connectivity index (χ0v) is 14.3. The van der Waals surface area contributed by atoms with Gasteiger partial charge in [-0.2, -0.15) is 0 Å². The van der Waals surface area contributed by atoms with E-state index in [4.69, 9.17) is 9.47 Å². The Hall–Kier alpha value is -2.69. The summed E-state index contributed by atoms with van der Waals surface area (Å²) in [6.07, 6.45) is 0.262. The lowest BCUT2D eigenvalue weighted by molar-refractivity contribution is 0.0430. The highest BCUT2D eigenvalue weighted by molar-refractivity contribution is 6.03. The molecule has 0 spiro atoms. The molecule has 0 saturated carbocycles. The second kappa shape index (κ2) is 8.97. The molecule has 0 radical (unpaired) electrons. The van der Waals surface area contributed by atoms with Gasteiger partial charge in [-0.25, -0.2) is 14.0 Å². The van der Waals surface area contributed by atoms with Gasteiger partial charge < -0.3 is 9.47 Å². The van der Waals surface area contributed by atoms with Crippen molar-refractivity contribution in [3.63, 3.8) is 0 Å². The molecular weight excluding hydrogens is 323 g/mol. The number of hydrogen-bond acceptors (Lipinski definition) is 4. The van der Waals surface area contributed by atoms with E-state index in [1.165, 1.54) is 18.2 Å². The van der Waals surface area contributed by atoms with Gasteiger partial charge in [-0.1, -0.05) is 44.2 Å². The van der Waals surface area contributed by atoms with Crippen molar-refractivity contribution in [1.29, 1.82) is 0 Å². The molecule has 0 N–H and O–H groups in total. The van der Waals surface area contributed by atoms with Crippen LogP contribution in [0.4, 0.5) is 4.39 Å². The minimum atomic E-state index is -0.631. The molecular formula is C20H21FO4. The van der Waals surface area contributed by atoms with Gasteiger partial charge in [0.05, 0.1) is 24.3 Å². The second-order valence-electron chi connectivity index (χ2n) is 6.02. The van der Waals surface area contributed by atoms with Crippen LogP contribution in [0.2, 0.25) is 0 Å². The van der Waals surface area contributed by atoms with Crippen LogP contribution in [-0.4, -0.2) is 25.2 Å². The predicted octanol–water partition coefficient (Wildman–Crippen LogP) is 4.04. The van der Waals surface area contributed by atoms with E-state index in [-0.39, 0.29) is 42.5 Å². The van der Waals surface area contributed by atoms with E-state index in [1.54, 1.807) is 30.3 Å². The summed E-state index contributed by atoms with van der Waals surface area (Å²) < 4.78 is 23.9. The molecule has 0 atom stereocenters. The molecule has 0 aliphatic heterocycles. The molecule has 0 heterocycles. The summed E-state index contributed by atoms with van der Waals surface area (Å²) in [6.45, 7) is 4.15. The zero-order valence-electron chi connectivity index (χ0n) is 14.3. The van der Waals surface area contributed by atoms with Crippen LogP contribution in [0, 0.1) is 11.7 Å². The summed E-state index contributed by atoms with van der Waals surface area (Å²) in [7, 11) is 0. The summed E-state index contributed by atoms with van der Waals surface area (Å²) in [5, 5.41) is 0. The summed E-state index contributed by atoms with van der Waals surface area (Å²) in [5.41, 5.74) is 0.781. The SMILES string of the molecule is CC(C)COC(=O)c1ccccc1C(=O)OCCc1ccccc1F. The Balaban J connectivity index is 1.99. The first-order chi connectivity index (χ1) is 12.0. The minimum absolute atomic E-state index is 0.0230. The highest BCUT2D eigenvalue weighted by Gasteiger charge is 2.19. The van der Waals surface area contributed by atoms with Crippen molar-refractivity contribution in [2.24, 2.45) is 5.92 Å². The Morgan fingerprint density at radius 1 is 0.920 bits per heavy atom. The van der Waals surface area contributed by atoms with Crippen molar-refractivity contribution in [3.05, 3.63) is 71.0 Å². The lowest BCUT2D eigenvalue weighted by atomic mass is 10.1. The fraction of sp³-hybridized carbons (Fsp3) is 0.300. The van der Waals surface area contributed by atoms with Crippen LogP contribution in [0.1, 0.15) is 40.1 Å². The van der Waals surface area contributed by atoms with Gasteiger partial charge in [0, 0.05) is 6.42 Å². The average Bonchev–Trinajstić information content (AvgIpc) is 2.61. The van der Waals surface area contributed by atoms with E-state index >= 15 is 0 Å². The van der Waals surface area contributed by atoms with E-state index in [0.717, 1.165) is 0 Å². The van der Waals surface area contributed by atoms with Crippen LogP contribution in [0.5, 0.6) is 0 Å². The summed E-state index contributed by atoms with van der Waals surface area (Å²) in [4.78, 5) is 24.4. The molecule has 2 rings (SSSR count). The molecule has 0 unspecified atom stereocenters.